The van der Waals surface area contributed by atoms with Crippen molar-refractivity contribution in [3.05, 3.63) is 33.9 Å². The highest BCUT2D eigenvalue weighted by molar-refractivity contribution is 7.12. The summed E-state index contributed by atoms with van der Waals surface area (Å²) in [7, 11) is 0. The van der Waals surface area contributed by atoms with Crippen LogP contribution >= 0.6 is 11.3 Å². The molecule has 0 spiro atoms. The smallest absolute Gasteiger partial charge is 0.268 e. The number of hydrogen-bond acceptors (Lipinski definition) is 5. The lowest BCUT2D eigenvalue weighted by Crippen LogP contribution is -2.13. The Bertz CT molecular complexity index is 564. The molecule has 2 heterocycles. The summed E-state index contributed by atoms with van der Waals surface area (Å²) in [5.41, 5.74) is 9.38. The van der Waals surface area contributed by atoms with E-state index in [4.69, 9.17) is 5.73 Å². The Morgan fingerprint density at radius 1 is 1.41 bits per heavy atom. The van der Waals surface area contributed by atoms with Gasteiger partial charge in [-0.05, 0) is 25.5 Å². The summed E-state index contributed by atoms with van der Waals surface area (Å²) in [6, 6.07) is 1.77. The molecule has 5 nitrogen and oxygen atoms in total. The number of nitrogens with zero attached hydrogens (tertiary/aromatic N) is 2. The third-order valence-corrected chi connectivity index (χ3v) is 3.21. The van der Waals surface area contributed by atoms with Crippen LogP contribution in [0.3, 0.4) is 0 Å². The van der Waals surface area contributed by atoms with E-state index in [1.165, 1.54) is 17.5 Å². The summed E-state index contributed by atoms with van der Waals surface area (Å²) in [6.45, 7) is 3.65. The lowest BCUT2D eigenvalue weighted by molar-refractivity contribution is 0.102. The summed E-state index contributed by atoms with van der Waals surface area (Å²) in [5.74, 6) is 0.336. The first-order chi connectivity index (χ1) is 8.08. The van der Waals surface area contributed by atoms with Crippen molar-refractivity contribution in [2.45, 2.75) is 13.8 Å². The number of anilines is 2. The highest BCUT2D eigenvalue weighted by Crippen LogP contribution is 2.17. The van der Waals surface area contributed by atoms with Gasteiger partial charge in [0.05, 0.1) is 23.1 Å². The van der Waals surface area contributed by atoms with Crippen molar-refractivity contribution in [2.24, 2.45) is 0 Å². The van der Waals surface area contributed by atoms with Crippen LogP contribution < -0.4 is 11.1 Å². The van der Waals surface area contributed by atoms with E-state index in [2.05, 4.69) is 15.3 Å². The van der Waals surface area contributed by atoms with Gasteiger partial charge in [0.1, 0.15) is 10.7 Å². The van der Waals surface area contributed by atoms with Crippen LogP contribution in [0.4, 0.5) is 11.5 Å². The van der Waals surface area contributed by atoms with E-state index < -0.39 is 0 Å². The van der Waals surface area contributed by atoms with Gasteiger partial charge in [0.25, 0.3) is 5.91 Å². The van der Waals surface area contributed by atoms with Crippen LogP contribution in [0.15, 0.2) is 17.8 Å². The van der Waals surface area contributed by atoms with Gasteiger partial charge >= 0.3 is 0 Å². The molecule has 0 saturated carbocycles. The first-order valence-corrected chi connectivity index (χ1v) is 5.89. The van der Waals surface area contributed by atoms with Gasteiger partial charge in [-0.15, -0.1) is 11.3 Å². The van der Waals surface area contributed by atoms with Crippen LogP contribution in [-0.4, -0.2) is 15.9 Å². The molecule has 2 aromatic heterocycles. The number of amides is 1. The van der Waals surface area contributed by atoms with Gasteiger partial charge in [-0.25, -0.2) is 9.97 Å². The zero-order chi connectivity index (χ0) is 12.4. The van der Waals surface area contributed by atoms with Crippen molar-refractivity contribution < 1.29 is 4.79 Å². The molecule has 0 aliphatic carbocycles. The highest BCUT2D eigenvalue weighted by Gasteiger charge is 2.13. The van der Waals surface area contributed by atoms with Crippen LogP contribution in [0.1, 0.15) is 20.9 Å². The first kappa shape index (κ1) is 11.5. The van der Waals surface area contributed by atoms with Crippen LogP contribution in [0.25, 0.3) is 0 Å². The number of nitrogens with two attached hydrogens (primary N) is 1. The van der Waals surface area contributed by atoms with Gasteiger partial charge in [-0.1, -0.05) is 0 Å². The van der Waals surface area contributed by atoms with Gasteiger partial charge in [0.15, 0.2) is 0 Å². The summed E-state index contributed by atoms with van der Waals surface area (Å²) < 4.78 is 0. The van der Waals surface area contributed by atoms with Crippen molar-refractivity contribution in [3.8, 4) is 0 Å². The standard InChI is InChI=1S/C11H12N4OS/c1-6-3-8(12)4-13-10(6)15-11(16)9-7(2)14-5-17-9/h3-5H,12H2,1-2H3,(H,13,15,16). The average Bonchev–Trinajstić information content (AvgIpc) is 2.68. The minimum absolute atomic E-state index is 0.189. The highest BCUT2D eigenvalue weighted by atomic mass is 32.1. The van der Waals surface area contributed by atoms with Crippen molar-refractivity contribution in [3.63, 3.8) is 0 Å². The molecular weight excluding hydrogens is 236 g/mol. The molecule has 0 saturated heterocycles. The maximum atomic E-state index is 11.9. The van der Waals surface area contributed by atoms with E-state index in [1.54, 1.807) is 18.5 Å². The molecule has 88 valence electrons. The van der Waals surface area contributed by atoms with Gasteiger partial charge < -0.3 is 11.1 Å². The Kier molecular flexibility index (Phi) is 3.06. The number of aromatic nitrogens is 2. The number of nitrogens with one attached hydrogen (secondary N) is 1. The molecule has 1 amide bonds. The second-order valence-corrected chi connectivity index (χ2v) is 4.51. The molecule has 0 radical (unpaired) electrons. The third-order valence-electron chi connectivity index (χ3n) is 2.28. The first-order valence-electron chi connectivity index (χ1n) is 5.01. The number of carbonyl (C=O) groups is 1. The average molecular weight is 248 g/mol. The second-order valence-electron chi connectivity index (χ2n) is 3.66. The second kappa shape index (κ2) is 4.50. The van der Waals surface area contributed by atoms with E-state index in [0.29, 0.717) is 16.4 Å². The molecular formula is C11H12N4OS. The molecule has 2 aromatic rings. The van der Waals surface area contributed by atoms with Crippen molar-refractivity contribution in [2.75, 3.05) is 11.1 Å². The third kappa shape index (κ3) is 2.42. The van der Waals surface area contributed by atoms with Crippen molar-refractivity contribution >= 4 is 28.7 Å². The number of rotatable bonds is 2. The van der Waals surface area contributed by atoms with E-state index in [0.717, 1.165) is 11.3 Å². The summed E-state index contributed by atoms with van der Waals surface area (Å²) in [6.07, 6.45) is 1.52. The van der Waals surface area contributed by atoms with E-state index in [1.807, 2.05) is 6.92 Å². The van der Waals surface area contributed by atoms with Gasteiger partial charge in [0, 0.05) is 0 Å². The molecule has 0 fully saturated rings. The topological polar surface area (TPSA) is 80.9 Å². The minimum Gasteiger partial charge on any atom is -0.397 e. The lowest BCUT2D eigenvalue weighted by Gasteiger charge is -2.06. The van der Waals surface area contributed by atoms with Crippen LogP contribution in [0.5, 0.6) is 0 Å². The predicted octanol–water partition coefficient (Wildman–Crippen LogP) is 1.99. The number of nitrogen functional groups attached to an aromatic ring is 1. The quantitative estimate of drug-likeness (QED) is 0.851. The number of hydrogen-bond donors (Lipinski definition) is 2. The molecule has 0 atom stereocenters. The van der Waals surface area contributed by atoms with Gasteiger partial charge in [0.2, 0.25) is 0 Å². The zero-order valence-corrected chi connectivity index (χ0v) is 10.3. The molecule has 0 aromatic carbocycles. The Labute approximate surface area is 103 Å². The zero-order valence-electron chi connectivity index (χ0n) is 9.52. The molecule has 0 aliphatic heterocycles. The molecule has 0 aliphatic rings. The summed E-state index contributed by atoms with van der Waals surface area (Å²) in [4.78, 5) is 20.6. The number of pyridine rings is 1. The number of thiazole rings is 1. The Hall–Kier alpha value is -1.95. The molecule has 6 heteroatoms. The van der Waals surface area contributed by atoms with Gasteiger partial charge in [-0.3, -0.25) is 4.79 Å². The van der Waals surface area contributed by atoms with E-state index >= 15 is 0 Å². The predicted molar refractivity (Wildman–Crippen MR) is 68.2 cm³/mol. The minimum atomic E-state index is -0.189. The summed E-state index contributed by atoms with van der Waals surface area (Å²) >= 11 is 1.31. The number of carbonyl (C=O) groups excluding carboxylic acids is 1. The monoisotopic (exact) mass is 248 g/mol. The lowest BCUT2D eigenvalue weighted by atomic mass is 10.2. The van der Waals surface area contributed by atoms with Crippen molar-refractivity contribution in [1.29, 1.82) is 0 Å². The molecule has 17 heavy (non-hydrogen) atoms. The maximum Gasteiger partial charge on any atom is 0.268 e. The normalized spacial score (nSPS) is 10.2. The Morgan fingerprint density at radius 3 is 2.76 bits per heavy atom. The van der Waals surface area contributed by atoms with Crippen LogP contribution in [-0.2, 0) is 0 Å². The fourth-order valence-corrected chi connectivity index (χ4v) is 2.11. The fraction of sp³-hybridized carbons (Fsp3) is 0.182. The van der Waals surface area contributed by atoms with Gasteiger partial charge in [-0.2, -0.15) is 0 Å². The van der Waals surface area contributed by atoms with E-state index in [-0.39, 0.29) is 5.91 Å². The van der Waals surface area contributed by atoms with Crippen molar-refractivity contribution in [1.82, 2.24) is 9.97 Å². The Balaban J connectivity index is 2.22. The molecule has 3 N–H and O–H groups in total. The summed E-state index contributed by atoms with van der Waals surface area (Å²) in [5, 5.41) is 2.75. The van der Waals surface area contributed by atoms with E-state index in [9.17, 15) is 4.79 Å². The SMILES string of the molecule is Cc1cc(N)cnc1NC(=O)c1scnc1C. The fourth-order valence-electron chi connectivity index (χ4n) is 1.41. The van der Waals surface area contributed by atoms with Crippen LogP contribution in [0.2, 0.25) is 0 Å². The molecule has 2 rings (SSSR count). The largest absolute Gasteiger partial charge is 0.397 e. The molecule has 0 bridgehead atoms. The number of aryl methyl sites for hydroxylation is 2. The maximum absolute atomic E-state index is 11.9. The Morgan fingerprint density at radius 2 is 2.18 bits per heavy atom. The molecule has 0 unspecified atom stereocenters. The van der Waals surface area contributed by atoms with Crippen LogP contribution in [0, 0.1) is 13.8 Å².